The Hall–Kier alpha value is -3.59. The van der Waals surface area contributed by atoms with Gasteiger partial charge in [-0.15, -0.1) is 11.3 Å². The van der Waals surface area contributed by atoms with Gasteiger partial charge in [-0.2, -0.15) is 5.10 Å². The van der Waals surface area contributed by atoms with E-state index in [9.17, 15) is 4.79 Å². The molecule has 0 spiro atoms. The zero-order valence-electron chi connectivity index (χ0n) is 19.4. The molecule has 1 aliphatic rings. The quantitative estimate of drug-likeness (QED) is 0.451. The molecule has 8 nitrogen and oxygen atoms in total. The topological polar surface area (TPSA) is 75.5 Å². The highest BCUT2D eigenvalue weighted by molar-refractivity contribution is 7.17. The van der Waals surface area contributed by atoms with Crippen molar-refractivity contribution in [3.05, 3.63) is 65.6 Å². The summed E-state index contributed by atoms with van der Waals surface area (Å²) in [6.07, 6.45) is 1.70. The number of aromatic nitrogens is 3. The van der Waals surface area contributed by atoms with E-state index in [1.807, 2.05) is 36.9 Å². The van der Waals surface area contributed by atoms with E-state index in [-0.39, 0.29) is 6.03 Å². The molecule has 0 radical (unpaired) electrons. The molecule has 2 aromatic heterocycles. The van der Waals surface area contributed by atoms with Gasteiger partial charge in [0.25, 0.3) is 0 Å². The second-order valence-corrected chi connectivity index (χ2v) is 9.13. The van der Waals surface area contributed by atoms with Crippen LogP contribution in [-0.4, -0.2) is 58.5 Å². The summed E-state index contributed by atoms with van der Waals surface area (Å²) >= 11 is 1.71. The molecule has 1 fully saturated rings. The molecular formula is C25H28N6O2S. The number of fused-ring (bicyclic) bond motifs is 1. The summed E-state index contributed by atoms with van der Waals surface area (Å²) < 4.78 is 8.88. The number of carbonyl (C=O) groups is 1. The number of nitrogens with zero attached hydrogens (tertiary/aromatic N) is 5. The van der Waals surface area contributed by atoms with Crippen molar-refractivity contribution in [2.24, 2.45) is 0 Å². The lowest BCUT2D eigenvalue weighted by atomic mass is 10.1. The lowest BCUT2D eigenvalue weighted by Crippen LogP contribution is -2.51. The van der Waals surface area contributed by atoms with Gasteiger partial charge in [0.05, 0.1) is 6.61 Å². The summed E-state index contributed by atoms with van der Waals surface area (Å²) in [5.41, 5.74) is 3.10. The minimum absolute atomic E-state index is 0.0138. The van der Waals surface area contributed by atoms with E-state index in [1.54, 1.807) is 22.3 Å². The van der Waals surface area contributed by atoms with Crippen LogP contribution in [-0.2, 0) is 6.54 Å². The van der Waals surface area contributed by atoms with Crippen molar-refractivity contribution in [1.82, 2.24) is 25.0 Å². The zero-order valence-corrected chi connectivity index (χ0v) is 20.2. The number of piperazine rings is 1. The molecule has 0 atom stereocenters. The minimum Gasteiger partial charge on any atom is -0.492 e. The zero-order chi connectivity index (χ0) is 23.5. The Morgan fingerprint density at radius 2 is 2.00 bits per heavy atom. The van der Waals surface area contributed by atoms with Crippen LogP contribution < -0.4 is 15.0 Å². The predicted molar refractivity (Wildman–Crippen MR) is 135 cm³/mol. The number of rotatable bonds is 6. The summed E-state index contributed by atoms with van der Waals surface area (Å²) in [7, 11) is 0. The second kappa shape index (κ2) is 9.72. The van der Waals surface area contributed by atoms with Gasteiger partial charge < -0.3 is 19.9 Å². The van der Waals surface area contributed by atoms with Crippen LogP contribution >= 0.6 is 11.3 Å². The van der Waals surface area contributed by atoms with Crippen molar-refractivity contribution in [3.8, 4) is 11.4 Å². The van der Waals surface area contributed by atoms with Crippen molar-refractivity contribution in [2.45, 2.75) is 20.4 Å². The molecule has 4 aromatic rings. The van der Waals surface area contributed by atoms with Crippen LogP contribution in [0.15, 0.2) is 54.2 Å². The highest BCUT2D eigenvalue weighted by Crippen LogP contribution is 2.29. The van der Waals surface area contributed by atoms with Gasteiger partial charge in [-0.1, -0.05) is 18.2 Å². The van der Waals surface area contributed by atoms with Crippen molar-refractivity contribution < 1.29 is 9.53 Å². The maximum atomic E-state index is 12.8. The van der Waals surface area contributed by atoms with Gasteiger partial charge >= 0.3 is 6.03 Å². The van der Waals surface area contributed by atoms with Gasteiger partial charge in [-0.3, -0.25) is 0 Å². The molecule has 0 unspecified atom stereocenters. The highest BCUT2D eigenvalue weighted by atomic mass is 32.1. The second-order valence-electron chi connectivity index (χ2n) is 8.21. The number of nitrogens with one attached hydrogen (secondary N) is 1. The Bertz CT molecular complexity index is 1290. The molecule has 5 rings (SSSR count). The van der Waals surface area contributed by atoms with E-state index >= 15 is 0 Å². The molecule has 2 aromatic carbocycles. The summed E-state index contributed by atoms with van der Waals surface area (Å²) in [4.78, 5) is 21.2. The molecule has 1 saturated heterocycles. The SMILES string of the molecule is CCOc1cc(N2CCN(C(=O)NCc3cccc4ccsc34)CC2)ccc1-n1cnc(C)n1. The van der Waals surface area contributed by atoms with Crippen LogP contribution in [0, 0.1) is 6.92 Å². The van der Waals surface area contributed by atoms with Crippen LogP contribution in [0.2, 0.25) is 0 Å². The van der Waals surface area contributed by atoms with Gasteiger partial charge in [0, 0.05) is 49.2 Å². The summed E-state index contributed by atoms with van der Waals surface area (Å²) in [5.74, 6) is 1.49. The number of anilines is 1. The maximum absolute atomic E-state index is 12.8. The summed E-state index contributed by atoms with van der Waals surface area (Å²) in [6, 6.07) is 14.5. The molecule has 0 saturated carbocycles. The highest BCUT2D eigenvalue weighted by Gasteiger charge is 2.22. The average Bonchev–Trinajstić information content (AvgIpc) is 3.52. The molecule has 9 heteroatoms. The number of ether oxygens (including phenoxy) is 1. The first-order chi connectivity index (χ1) is 16.6. The fourth-order valence-electron chi connectivity index (χ4n) is 4.27. The summed E-state index contributed by atoms with van der Waals surface area (Å²) in [5, 5.41) is 10.8. The van der Waals surface area contributed by atoms with Gasteiger partial charge in [0.2, 0.25) is 0 Å². The molecule has 2 amide bonds. The molecule has 1 aliphatic heterocycles. The molecular weight excluding hydrogens is 448 g/mol. The van der Waals surface area contributed by atoms with Crippen molar-refractivity contribution in [3.63, 3.8) is 0 Å². The van der Waals surface area contributed by atoms with E-state index in [1.165, 1.54) is 10.1 Å². The normalized spacial score (nSPS) is 13.9. The third kappa shape index (κ3) is 4.56. The fraction of sp³-hybridized carbons (Fsp3) is 0.320. The summed E-state index contributed by atoms with van der Waals surface area (Å²) in [6.45, 7) is 7.81. The molecule has 176 valence electrons. The number of benzene rings is 2. The van der Waals surface area contributed by atoms with Crippen molar-refractivity contribution in [2.75, 3.05) is 37.7 Å². The fourth-order valence-corrected chi connectivity index (χ4v) is 5.18. The molecule has 34 heavy (non-hydrogen) atoms. The van der Waals surface area contributed by atoms with E-state index in [2.05, 4.69) is 49.9 Å². The first-order valence-corrected chi connectivity index (χ1v) is 12.4. The van der Waals surface area contributed by atoms with Crippen LogP contribution in [0.5, 0.6) is 5.75 Å². The third-order valence-electron chi connectivity index (χ3n) is 6.02. The first-order valence-electron chi connectivity index (χ1n) is 11.5. The smallest absolute Gasteiger partial charge is 0.317 e. The molecule has 0 aliphatic carbocycles. The number of aryl methyl sites for hydroxylation is 1. The number of urea groups is 1. The number of carbonyl (C=O) groups excluding carboxylic acids is 1. The van der Waals surface area contributed by atoms with E-state index < -0.39 is 0 Å². The van der Waals surface area contributed by atoms with Crippen molar-refractivity contribution >= 4 is 33.1 Å². The predicted octanol–water partition coefficient (Wildman–Crippen LogP) is 4.22. The van der Waals surface area contributed by atoms with Gasteiger partial charge in [0.15, 0.2) is 0 Å². The monoisotopic (exact) mass is 476 g/mol. The van der Waals surface area contributed by atoms with E-state index in [4.69, 9.17) is 4.74 Å². The number of amides is 2. The Labute approximate surface area is 202 Å². The Kier molecular flexibility index (Phi) is 6.35. The third-order valence-corrected chi connectivity index (χ3v) is 7.02. The van der Waals surface area contributed by atoms with E-state index in [0.717, 1.165) is 35.8 Å². The van der Waals surface area contributed by atoms with Gasteiger partial charge in [-0.05, 0) is 48.4 Å². The van der Waals surface area contributed by atoms with Crippen molar-refractivity contribution in [1.29, 1.82) is 0 Å². The minimum atomic E-state index is -0.0138. The van der Waals surface area contributed by atoms with E-state index in [0.29, 0.717) is 32.1 Å². The van der Waals surface area contributed by atoms with Gasteiger partial charge in [0.1, 0.15) is 23.6 Å². The standard InChI is InChI=1S/C25H28N6O2S/c1-3-33-23-15-21(7-8-22(23)31-17-27-18(2)28-31)29-10-12-30(13-11-29)25(32)26-16-20-6-4-5-19-9-14-34-24(19)20/h4-9,14-15,17H,3,10-13,16H2,1-2H3,(H,26,32). The van der Waals surface area contributed by atoms with Crippen LogP contribution in [0.4, 0.5) is 10.5 Å². The largest absolute Gasteiger partial charge is 0.492 e. The van der Waals surface area contributed by atoms with Crippen LogP contribution in [0.1, 0.15) is 18.3 Å². The Morgan fingerprint density at radius 3 is 2.76 bits per heavy atom. The lowest BCUT2D eigenvalue weighted by molar-refractivity contribution is 0.194. The number of hydrogen-bond acceptors (Lipinski definition) is 6. The molecule has 1 N–H and O–H groups in total. The molecule has 0 bridgehead atoms. The number of hydrogen-bond donors (Lipinski definition) is 1. The average molecular weight is 477 g/mol. The molecule has 3 heterocycles. The Morgan fingerprint density at radius 1 is 1.15 bits per heavy atom. The van der Waals surface area contributed by atoms with Crippen LogP contribution in [0.25, 0.3) is 15.8 Å². The van der Waals surface area contributed by atoms with Gasteiger partial charge in [-0.25, -0.2) is 14.5 Å². The van der Waals surface area contributed by atoms with Crippen LogP contribution in [0.3, 0.4) is 0 Å². The Balaban J connectivity index is 1.21. The number of thiophene rings is 1. The maximum Gasteiger partial charge on any atom is 0.317 e. The first kappa shape index (κ1) is 22.2. The lowest BCUT2D eigenvalue weighted by Gasteiger charge is -2.36.